The Morgan fingerprint density at radius 2 is 2.29 bits per heavy atom. The van der Waals surface area contributed by atoms with Crippen LogP contribution < -0.4 is 10.6 Å². The van der Waals surface area contributed by atoms with Gasteiger partial charge in [0.2, 0.25) is 0 Å². The highest BCUT2D eigenvalue weighted by Gasteiger charge is 2.38. The van der Waals surface area contributed by atoms with E-state index in [1.807, 2.05) is 0 Å². The van der Waals surface area contributed by atoms with Gasteiger partial charge in [0, 0.05) is 16.7 Å². The molecule has 2 aliphatic rings. The summed E-state index contributed by atoms with van der Waals surface area (Å²) >= 11 is 3.51. The number of rotatable bonds is 0. The molecule has 1 unspecified atom stereocenters. The van der Waals surface area contributed by atoms with E-state index in [0.29, 0.717) is 5.54 Å². The third-order valence-electron chi connectivity index (χ3n) is 3.24. The smallest absolute Gasteiger partial charge is 0.0551 e. The minimum absolute atomic E-state index is 0.309. The summed E-state index contributed by atoms with van der Waals surface area (Å²) in [6, 6.07) is 6.53. The first-order chi connectivity index (χ1) is 6.77. The van der Waals surface area contributed by atoms with Gasteiger partial charge < -0.3 is 10.6 Å². The average molecular weight is 253 g/mol. The number of nitrogens with one attached hydrogen (secondary N) is 2. The van der Waals surface area contributed by atoms with Gasteiger partial charge in [-0.25, -0.2) is 0 Å². The molecule has 2 aliphatic heterocycles. The highest BCUT2D eigenvalue weighted by atomic mass is 79.9. The van der Waals surface area contributed by atoms with E-state index in [0.717, 1.165) is 17.6 Å². The topological polar surface area (TPSA) is 24.1 Å². The molecule has 3 heteroatoms. The maximum atomic E-state index is 3.66. The van der Waals surface area contributed by atoms with Crippen molar-refractivity contribution in [2.45, 2.75) is 18.4 Å². The van der Waals surface area contributed by atoms with E-state index >= 15 is 0 Å². The average Bonchev–Trinajstić information content (AvgIpc) is 2.72. The molecular weight excluding hydrogens is 240 g/mol. The van der Waals surface area contributed by atoms with Gasteiger partial charge >= 0.3 is 0 Å². The van der Waals surface area contributed by atoms with E-state index in [2.05, 4.69) is 44.8 Å². The molecule has 1 fully saturated rings. The monoisotopic (exact) mass is 252 g/mol. The fourth-order valence-corrected chi connectivity index (χ4v) is 2.88. The summed E-state index contributed by atoms with van der Waals surface area (Å²) in [6.45, 7) is 2.24. The Bertz CT molecular complexity index is 370. The molecule has 1 atom stereocenters. The highest BCUT2D eigenvalue weighted by Crippen LogP contribution is 2.37. The lowest BCUT2D eigenvalue weighted by atomic mass is 9.95. The summed E-state index contributed by atoms with van der Waals surface area (Å²) in [5.74, 6) is 0. The molecule has 3 rings (SSSR count). The quantitative estimate of drug-likeness (QED) is 0.740. The van der Waals surface area contributed by atoms with Crippen LogP contribution in [0.25, 0.3) is 0 Å². The molecule has 0 amide bonds. The van der Waals surface area contributed by atoms with Gasteiger partial charge in [-0.3, -0.25) is 0 Å². The van der Waals surface area contributed by atoms with Crippen LogP contribution in [0.4, 0.5) is 5.69 Å². The first-order valence-corrected chi connectivity index (χ1v) is 5.84. The van der Waals surface area contributed by atoms with Gasteiger partial charge in [0.15, 0.2) is 0 Å². The third-order valence-corrected chi connectivity index (χ3v) is 3.74. The molecule has 0 saturated carbocycles. The van der Waals surface area contributed by atoms with Crippen LogP contribution in [0.3, 0.4) is 0 Å². The van der Waals surface area contributed by atoms with Gasteiger partial charge in [0.25, 0.3) is 0 Å². The van der Waals surface area contributed by atoms with E-state index in [1.165, 1.54) is 24.1 Å². The summed E-state index contributed by atoms with van der Waals surface area (Å²) in [5.41, 5.74) is 3.07. The SMILES string of the molecule is Brc1ccc2c(c1)NC1(CCNC1)C2. The molecule has 0 aromatic heterocycles. The number of anilines is 1. The molecule has 14 heavy (non-hydrogen) atoms. The summed E-state index contributed by atoms with van der Waals surface area (Å²) < 4.78 is 1.16. The lowest BCUT2D eigenvalue weighted by Gasteiger charge is -2.22. The molecule has 74 valence electrons. The molecule has 0 radical (unpaired) electrons. The van der Waals surface area contributed by atoms with Crippen LogP contribution in [0.2, 0.25) is 0 Å². The standard InChI is InChI=1S/C11H13BrN2/c12-9-2-1-8-6-11(3-4-13-7-11)14-10(8)5-9/h1-2,5,13-14H,3-4,6-7H2. The van der Waals surface area contributed by atoms with Gasteiger partial charge in [-0.1, -0.05) is 22.0 Å². The highest BCUT2D eigenvalue weighted by molar-refractivity contribution is 9.10. The second-order valence-corrected chi connectivity index (χ2v) is 5.23. The number of hydrogen-bond acceptors (Lipinski definition) is 2. The van der Waals surface area contributed by atoms with Crippen molar-refractivity contribution < 1.29 is 0 Å². The van der Waals surface area contributed by atoms with Crippen LogP contribution in [0.1, 0.15) is 12.0 Å². The van der Waals surface area contributed by atoms with Crippen LogP contribution in [0.15, 0.2) is 22.7 Å². The van der Waals surface area contributed by atoms with Crippen molar-refractivity contribution >= 4 is 21.6 Å². The lowest BCUT2D eigenvalue weighted by molar-refractivity contribution is 0.533. The first-order valence-electron chi connectivity index (χ1n) is 5.05. The van der Waals surface area contributed by atoms with Gasteiger partial charge in [-0.05, 0) is 37.1 Å². The number of benzene rings is 1. The van der Waals surface area contributed by atoms with Gasteiger partial charge in [-0.15, -0.1) is 0 Å². The summed E-state index contributed by atoms with van der Waals surface area (Å²) in [5, 5.41) is 7.09. The Labute approximate surface area is 92.2 Å². The number of halogens is 1. The second kappa shape index (κ2) is 2.97. The van der Waals surface area contributed by atoms with Crippen molar-refractivity contribution in [2.75, 3.05) is 18.4 Å². The lowest BCUT2D eigenvalue weighted by Crippen LogP contribution is -2.38. The van der Waals surface area contributed by atoms with Crippen molar-refractivity contribution in [2.24, 2.45) is 0 Å². The Kier molecular flexibility index (Phi) is 1.86. The fraction of sp³-hybridized carbons (Fsp3) is 0.455. The molecule has 0 bridgehead atoms. The fourth-order valence-electron chi connectivity index (χ4n) is 2.51. The van der Waals surface area contributed by atoms with E-state index in [9.17, 15) is 0 Å². The van der Waals surface area contributed by atoms with Gasteiger partial charge in [-0.2, -0.15) is 0 Å². The van der Waals surface area contributed by atoms with Crippen molar-refractivity contribution in [3.8, 4) is 0 Å². The molecule has 1 aromatic rings. The van der Waals surface area contributed by atoms with Crippen LogP contribution in [-0.4, -0.2) is 18.6 Å². The van der Waals surface area contributed by atoms with E-state index < -0.39 is 0 Å². The van der Waals surface area contributed by atoms with Crippen molar-refractivity contribution in [3.05, 3.63) is 28.2 Å². The predicted molar refractivity (Wildman–Crippen MR) is 61.7 cm³/mol. The Morgan fingerprint density at radius 3 is 3.07 bits per heavy atom. The van der Waals surface area contributed by atoms with Crippen molar-refractivity contribution in [1.29, 1.82) is 0 Å². The molecule has 1 spiro atoms. The zero-order valence-corrected chi connectivity index (χ0v) is 9.52. The number of fused-ring (bicyclic) bond motifs is 1. The van der Waals surface area contributed by atoms with E-state index in [1.54, 1.807) is 0 Å². The largest absolute Gasteiger partial charge is 0.378 e. The Balaban J connectivity index is 1.96. The molecule has 2 nitrogen and oxygen atoms in total. The predicted octanol–water partition coefficient (Wildman–Crippen LogP) is 2.15. The molecule has 1 aromatic carbocycles. The zero-order chi connectivity index (χ0) is 9.60. The number of hydrogen-bond donors (Lipinski definition) is 2. The summed E-state index contributed by atoms with van der Waals surface area (Å²) in [6.07, 6.45) is 2.40. The van der Waals surface area contributed by atoms with Crippen LogP contribution in [0, 0.1) is 0 Å². The molecule has 0 aliphatic carbocycles. The zero-order valence-electron chi connectivity index (χ0n) is 7.94. The van der Waals surface area contributed by atoms with Crippen molar-refractivity contribution in [3.63, 3.8) is 0 Å². The van der Waals surface area contributed by atoms with Crippen LogP contribution in [0.5, 0.6) is 0 Å². The molecule has 2 N–H and O–H groups in total. The van der Waals surface area contributed by atoms with E-state index in [4.69, 9.17) is 0 Å². The van der Waals surface area contributed by atoms with Crippen LogP contribution in [-0.2, 0) is 6.42 Å². The maximum absolute atomic E-state index is 3.66. The second-order valence-electron chi connectivity index (χ2n) is 4.31. The summed E-state index contributed by atoms with van der Waals surface area (Å²) in [4.78, 5) is 0. The van der Waals surface area contributed by atoms with Crippen LogP contribution >= 0.6 is 15.9 Å². The van der Waals surface area contributed by atoms with Gasteiger partial charge in [0.1, 0.15) is 0 Å². The first kappa shape index (κ1) is 8.74. The van der Waals surface area contributed by atoms with Crippen molar-refractivity contribution in [1.82, 2.24) is 5.32 Å². The van der Waals surface area contributed by atoms with E-state index in [-0.39, 0.29) is 0 Å². The summed E-state index contributed by atoms with van der Waals surface area (Å²) in [7, 11) is 0. The normalized spacial score (nSPS) is 29.2. The van der Waals surface area contributed by atoms with Gasteiger partial charge in [0.05, 0.1) is 5.54 Å². The molecule has 1 saturated heterocycles. The minimum atomic E-state index is 0.309. The Morgan fingerprint density at radius 1 is 1.36 bits per heavy atom. The maximum Gasteiger partial charge on any atom is 0.0551 e. The minimum Gasteiger partial charge on any atom is -0.378 e. The Hall–Kier alpha value is -0.540. The molecular formula is C11H13BrN2. The third kappa shape index (κ3) is 1.27. The molecule has 2 heterocycles.